The number of fused-ring (bicyclic) bond motifs is 2. The molecule has 9 nitrogen and oxygen atoms in total. The van der Waals surface area contributed by atoms with Gasteiger partial charge in [-0.1, -0.05) is 44.2 Å². The molecule has 4 amide bonds. The molecule has 2 heterocycles. The maximum Gasteiger partial charge on any atom is 0.266 e. The summed E-state index contributed by atoms with van der Waals surface area (Å²) in [6.45, 7) is 13.4. The average Bonchev–Trinajstić information content (AvgIpc) is 3.10. The molecule has 0 bridgehead atoms. The Labute approximate surface area is 274 Å². The molecule has 2 aliphatic heterocycles. The first-order valence-corrected chi connectivity index (χ1v) is 15.7. The van der Waals surface area contributed by atoms with Gasteiger partial charge in [0.05, 0.1) is 42.1 Å². The fourth-order valence-electron chi connectivity index (χ4n) is 7.89. The first kappa shape index (κ1) is 29.3. The molecule has 0 saturated heterocycles. The number of rotatable bonds is 5. The Kier molecular flexibility index (Phi) is 6.20. The standard InChI is InChI=1S/C39H26N4O5/c1-5-19-9-7-8-18(3)35(19)43-37(46)25-13-11-23-32-28(41-4)15-27-31-24(36(45)42(38(27)47)21(6-2)17-44)12-10-22(34(31)32)29-20(16-40)14-26(39(43)48)30(25)33(23)29/h7-15,21,44H,5-6,17H2,1-3H3. The number of nitrogens with zero attached hydrogens (tertiary/aromatic N) is 4. The third-order valence-electron chi connectivity index (χ3n) is 10.1. The Morgan fingerprint density at radius 2 is 1.40 bits per heavy atom. The minimum atomic E-state index is -0.735. The van der Waals surface area contributed by atoms with Crippen LogP contribution < -0.4 is 4.90 Å². The summed E-state index contributed by atoms with van der Waals surface area (Å²) in [4.78, 5) is 62.6. The molecule has 6 aromatic carbocycles. The molecule has 48 heavy (non-hydrogen) atoms. The Bertz CT molecular complexity index is 2600. The SMILES string of the molecule is [C-]#[N+]c1cc2c3c(ccc4c5c(C#N)cc6c7c(ccc(c1c34)c75)C(=O)N(c1c(C)cccc1CC)C6=O)C(=O)N(C(CC)CO)C2=O. The molecule has 1 N–H and O–H groups in total. The van der Waals surface area contributed by atoms with Gasteiger partial charge < -0.3 is 5.11 Å². The minimum Gasteiger partial charge on any atom is -0.394 e. The highest BCUT2D eigenvalue weighted by Crippen LogP contribution is 2.50. The lowest BCUT2D eigenvalue weighted by Crippen LogP contribution is -2.48. The Hall–Kier alpha value is -6.16. The number of hydrogen-bond acceptors (Lipinski definition) is 6. The van der Waals surface area contributed by atoms with E-state index in [1.807, 2.05) is 32.0 Å². The number of hydrogen-bond donors (Lipinski definition) is 1. The second-order valence-electron chi connectivity index (χ2n) is 12.3. The van der Waals surface area contributed by atoms with Gasteiger partial charge in [0.2, 0.25) is 0 Å². The van der Waals surface area contributed by atoms with Crippen LogP contribution in [0.2, 0.25) is 0 Å². The molecule has 6 aromatic rings. The monoisotopic (exact) mass is 630 g/mol. The summed E-state index contributed by atoms with van der Waals surface area (Å²) in [5.74, 6) is -2.16. The predicted molar refractivity (Wildman–Crippen MR) is 182 cm³/mol. The summed E-state index contributed by atoms with van der Waals surface area (Å²) < 4.78 is 0. The number of amides is 4. The number of aryl methyl sites for hydroxylation is 2. The topological polar surface area (TPSA) is 123 Å². The smallest absolute Gasteiger partial charge is 0.266 e. The summed E-state index contributed by atoms with van der Waals surface area (Å²) in [6, 6.07) is 16.9. The highest BCUT2D eigenvalue weighted by Gasteiger charge is 2.40. The van der Waals surface area contributed by atoms with Gasteiger partial charge in [-0.05, 0) is 82.1 Å². The van der Waals surface area contributed by atoms with Crippen LogP contribution in [-0.2, 0) is 6.42 Å². The van der Waals surface area contributed by atoms with Gasteiger partial charge >= 0.3 is 0 Å². The van der Waals surface area contributed by atoms with E-state index >= 15 is 0 Å². The lowest BCUT2D eigenvalue weighted by Gasteiger charge is -2.34. The largest absolute Gasteiger partial charge is 0.394 e. The summed E-state index contributed by atoms with van der Waals surface area (Å²) in [7, 11) is 0. The van der Waals surface area contributed by atoms with E-state index in [4.69, 9.17) is 6.57 Å². The van der Waals surface area contributed by atoms with E-state index in [2.05, 4.69) is 10.9 Å². The quantitative estimate of drug-likeness (QED) is 0.0930. The van der Waals surface area contributed by atoms with Gasteiger partial charge in [0.15, 0.2) is 5.69 Å². The van der Waals surface area contributed by atoms with E-state index in [9.17, 15) is 29.5 Å². The van der Waals surface area contributed by atoms with Crippen LogP contribution in [0.1, 0.15) is 78.4 Å². The normalized spacial score (nSPS) is 14.9. The summed E-state index contributed by atoms with van der Waals surface area (Å²) >= 11 is 0. The molecule has 1 atom stereocenters. The van der Waals surface area contributed by atoms with Gasteiger partial charge in [-0.25, -0.2) is 9.74 Å². The van der Waals surface area contributed by atoms with Gasteiger partial charge in [0.25, 0.3) is 23.6 Å². The fourth-order valence-corrected chi connectivity index (χ4v) is 7.89. The van der Waals surface area contributed by atoms with E-state index in [0.717, 1.165) is 16.0 Å². The van der Waals surface area contributed by atoms with Crippen LogP contribution in [0.4, 0.5) is 11.4 Å². The zero-order valence-electron chi connectivity index (χ0n) is 26.3. The van der Waals surface area contributed by atoms with Crippen LogP contribution in [0.3, 0.4) is 0 Å². The van der Waals surface area contributed by atoms with Crippen LogP contribution >= 0.6 is 0 Å². The molecular formula is C39H26N4O5. The molecule has 8 rings (SSSR count). The van der Waals surface area contributed by atoms with Crippen molar-refractivity contribution in [3.05, 3.63) is 105 Å². The molecule has 2 aliphatic rings. The fraction of sp³-hybridized carbons (Fsp3) is 0.179. The van der Waals surface area contributed by atoms with Crippen molar-refractivity contribution in [1.29, 1.82) is 5.26 Å². The molecule has 0 aliphatic carbocycles. The first-order chi connectivity index (χ1) is 23.2. The molecule has 9 heteroatoms. The van der Waals surface area contributed by atoms with Crippen LogP contribution in [0.15, 0.2) is 54.6 Å². The van der Waals surface area contributed by atoms with Crippen molar-refractivity contribution in [3.63, 3.8) is 0 Å². The van der Waals surface area contributed by atoms with Gasteiger partial charge in [-0.15, -0.1) is 0 Å². The number of anilines is 1. The number of para-hydroxylation sites is 1. The van der Waals surface area contributed by atoms with E-state index < -0.39 is 36.3 Å². The number of nitriles is 1. The summed E-state index contributed by atoms with van der Waals surface area (Å²) in [6.07, 6.45) is 0.950. The third kappa shape index (κ3) is 3.46. The van der Waals surface area contributed by atoms with Crippen molar-refractivity contribution in [2.24, 2.45) is 0 Å². The molecule has 0 spiro atoms. The second-order valence-corrected chi connectivity index (χ2v) is 12.3. The first-order valence-electron chi connectivity index (χ1n) is 15.7. The number of carbonyl (C=O) groups is 4. The van der Waals surface area contributed by atoms with Crippen molar-refractivity contribution >= 4 is 78.1 Å². The average molecular weight is 631 g/mol. The summed E-state index contributed by atoms with van der Waals surface area (Å²) in [5, 5.41) is 24.3. The lowest BCUT2D eigenvalue weighted by molar-refractivity contribution is 0.0465. The van der Waals surface area contributed by atoms with E-state index in [1.165, 1.54) is 17.0 Å². The van der Waals surface area contributed by atoms with Crippen LogP contribution in [0, 0.1) is 24.8 Å². The van der Waals surface area contributed by atoms with Gasteiger partial charge in [0.1, 0.15) is 0 Å². The summed E-state index contributed by atoms with van der Waals surface area (Å²) in [5.41, 5.74) is 3.42. The van der Waals surface area contributed by atoms with Crippen molar-refractivity contribution < 1.29 is 24.3 Å². The minimum absolute atomic E-state index is 0.156. The van der Waals surface area contributed by atoms with Crippen molar-refractivity contribution in [3.8, 4) is 6.07 Å². The van der Waals surface area contributed by atoms with Crippen molar-refractivity contribution in [2.75, 3.05) is 11.5 Å². The highest BCUT2D eigenvalue weighted by atomic mass is 16.3. The number of carbonyl (C=O) groups excluding carboxylic acids is 4. The van der Waals surface area contributed by atoms with E-state index in [0.29, 0.717) is 67.2 Å². The zero-order valence-corrected chi connectivity index (χ0v) is 26.3. The molecule has 232 valence electrons. The second kappa shape index (κ2) is 10.2. The molecule has 0 fully saturated rings. The third-order valence-corrected chi connectivity index (χ3v) is 10.1. The van der Waals surface area contributed by atoms with Crippen molar-refractivity contribution in [1.82, 2.24) is 4.90 Å². The molecular weight excluding hydrogens is 604 g/mol. The lowest BCUT2D eigenvalue weighted by atomic mass is 9.80. The van der Waals surface area contributed by atoms with Gasteiger partial charge in [-0.3, -0.25) is 24.1 Å². The van der Waals surface area contributed by atoms with E-state index in [-0.39, 0.29) is 27.9 Å². The predicted octanol–water partition coefficient (Wildman–Crippen LogP) is 7.20. The number of aliphatic hydroxyl groups excluding tert-OH is 1. The van der Waals surface area contributed by atoms with Crippen LogP contribution in [0.5, 0.6) is 0 Å². The molecule has 0 saturated carbocycles. The van der Waals surface area contributed by atoms with Gasteiger partial charge in [-0.2, -0.15) is 5.26 Å². The Balaban J connectivity index is 1.52. The van der Waals surface area contributed by atoms with Gasteiger partial charge in [0, 0.05) is 32.8 Å². The zero-order chi connectivity index (χ0) is 33.8. The molecule has 1 unspecified atom stereocenters. The number of aliphatic hydroxyl groups is 1. The molecule has 0 radical (unpaired) electrons. The maximum atomic E-state index is 14.4. The number of benzene rings is 6. The van der Waals surface area contributed by atoms with Crippen LogP contribution in [-0.4, -0.2) is 46.3 Å². The number of imide groups is 2. The van der Waals surface area contributed by atoms with E-state index in [1.54, 1.807) is 31.2 Å². The Morgan fingerprint density at radius 3 is 2.02 bits per heavy atom. The maximum absolute atomic E-state index is 14.4. The van der Waals surface area contributed by atoms with Crippen molar-refractivity contribution in [2.45, 2.75) is 39.7 Å². The molecule has 0 aromatic heterocycles. The highest BCUT2D eigenvalue weighted by molar-refractivity contribution is 6.45. The van der Waals surface area contributed by atoms with Crippen LogP contribution in [0.25, 0.3) is 47.9 Å². The Morgan fingerprint density at radius 1 is 0.792 bits per heavy atom.